The van der Waals surface area contributed by atoms with Crippen molar-refractivity contribution in [3.8, 4) is 0 Å². The second-order valence-electron chi connectivity index (χ2n) is 5.84. The summed E-state index contributed by atoms with van der Waals surface area (Å²) in [6, 6.07) is 12.8. The molecular formula is C18H19ClN2O3. The van der Waals surface area contributed by atoms with Gasteiger partial charge in [0.05, 0.1) is 12.1 Å². The summed E-state index contributed by atoms with van der Waals surface area (Å²) in [7, 11) is 0. The first-order valence-corrected chi connectivity index (χ1v) is 8.28. The topological polar surface area (TPSA) is 62.7 Å². The Morgan fingerprint density at radius 2 is 2.08 bits per heavy atom. The second-order valence-corrected chi connectivity index (χ2v) is 6.23. The minimum atomic E-state index is -0.441. The molecule has 1 fully saturated rings. The zero-order valence-electron chi connectivity index (χ0n) is 13.1. The standard InChI is InChI=1S/C18H19ClN2O3/c19-17-7-6-14(11-20-17)16-10-15(22)8-9-21(16)18(23)24-12-13-4-2-1-3-5-13/h1-7,11,15-16,22H,8-10,12H2/t15-,16-/m0/s1. The van der Waals surface area contributed by atoms with E-state index in [-0.39, 0.29) is 18.7 Å². The van der Waals surface area contributed by atoms with E-state index in [4.69, 9.17) is 16.3 Å². The van der Waals surface area contributed by atoms with Crippen molar-refractivity contribution in [3.05, 3.63) is 64.9 Å². The molecule has 0 saturated carbocycles. The molecule has 0 spiro atoms. The van der Waals surface area contributed by atoms with Crippen LogP contribution in [0.2, 0.25) is 5.15 Å². The number of piperidine rings is 1. The molecule has 6 heteroatoms. The Morgan fingerprint density at radius 3 is 2.79 bits per heavy atom. The van der Waals surface area contributed by atoms with Crippen molar-refractivity contribution in [2.45, 2.75) is 31.6 Å². The summed E-state index contributed by atoms with van der Waals surface area (Å²) in [5.74, 6) is 0. The predicted octanol–water partition coefficient (Wildman–Crippen LogP) is 3.57. The molecule has 1 amide bonds. The Morgan fingerprint density at radius 1 is 1.29 bits per heavy atom. The van der Waals surface area contributed by atoms with Crippen LogP contribution in [0.5, 0.6) is 0 Å². The third-order valence-corrected chi connectivity index (χ3v) is 4.37. The van der Waals surface area contributed by atoms with E-state index in [0.717, 1.165) is 11.1 Å². The van der Waals surface area contributed by atoms with E-state index in [2.05, 4.69) is 4.98 Å². The molecule has 2 atom stereocenters. The van der Waals surface area contributed by atoms with Crippen molar-refractivity contribution in [3.63, 3.8) is 0 Å². The van der Waals surface area contributed by atoms with Gasteiger partial charge in [0.1, 0.15) is 11.8 Å². The molecule has 1 aromatic heterocycles. The third kappa shape index (κ3) is 4.04. The average Bonchev–Trinajstić information content (AvgIpc) is 2.61. The van der Waals surface area contributed by atoms with Crippen LogP contribution >= 0.6 is 11.6 Å². The highest BCUT2D eigenvalue weighted by Crippen LogP contribution is 2.31. The van der Waals surface area contributed by atoms with E-state index in [9.17, 15) is 9.90 Å². The van der Waals surface area contributed by atoms with E-state index in [1.165, 1.54) is 0 Å². The molecule has 1 aliphatic heterocycles. The Kier molecular flexibility index (Phi) is 5.33. The average molecular weight is 347 g/mol. The zero-order chi connectivity index (χ0) is 16.9. The first-order chi connectivity index (χ1) is 11.6. The Bertz CT molecular complexity index is 678. The van der Waals surface area contributed by atoms with Crippen LogP contribution in [0.3, 0.4) is 0 Å². The fourth-order valence-corrected chi connectivity index (χ4v) is 2.98. The number of nitrogens with zero attached hydrogens (tertiary/aromatic N) is 2. The maximum absolute atomic E-state index is 12.5. The number of aliphatic hydroxyl groups is 1. The highest BCUT2D eigenvalue weighted by atomic mass is 35.5. The number of aromatic nitrogens is 1. The quantitative estimate of drug-likeness (QED) is 0.863. The molecule has 0 radical (unpaired) electrons. The summed E-state index contributed by atoms with van der Waals surface area (Å²) in [5, 5.41) is 10.4. The minimum Gasteiger partial charge on any atom is -0.445 e. The van der Waals surface area contributed by atoms with E-state index < -0.39 is 6.10 Å². The van der Waals surface area contributed by atoms with Crippen molar-refractivity contribution in [2.24, 2.45) is 0 Å². The van der Waals surface area contributed by atoms with E-state index in [1.54, 1.807) is 17.2 Å². The molecule has 1 aliphatic rings. The van der Waals surface area contributed by atoms with E-state index >= 15 is 0 Å². The van der Waals surface area contributed by atoms with Gasteiger partial charge < -0.3 is 14.7 Å². The summed E-state index contributed by atoms with van der Waals surface area (Å²) in [5.41, 5.74) is 1.78. The number of pyridine rings is 1. The summed E-state index contributed by atoms with van der Waals surface area (Å²) in [6.07, 6.45) is 1.82. The summed E-state index contributed by atoms with van der Waals surface area (Å²) in [6.45, 7) is 0.673. The smallest absolute Gasteiger partial charge is 0.410 e. The highest BCUT2D eigenvalue weighted by Gasteiger charge is 2.33. The lowest BCUT2D eigenvalue weighted by molar-refractivity contribution is 0.0258. The number of amides is 1. The van der Waals surface area contributed by atoms with Crippen molar-refractivity contribution < 1.29 is 14.6 Å². The van der Waals surface area contributed by atoms with Crippen LogP contribution in [-0.4, -0.2) is 33.7 Å². The first kappa shape index (κ1) is 16.7. The first-order valence-electron chi connectivity index (χ1n) is 7.90. The third-order valence-electron chi connectivity index (χ3n) is 4.15. The number of hydrogen-bond acceptors (Lipinski definition) is 4. The summed E-state index contributed by atoms with van der Waals surface area (Å²) in [4.78, 5) is 18.2. The van der Waals surface area contributed by atoms with Crippen molar-refractivity contribution in [1.29, 1.82) is 0 Å². The molecule has 1 aromatic carbocycles. The largest absolute Gasteiger partial charge is 0.445 e. The molecule has 0 unspecified atom stereocenters. The number of carbonyl (C=O) groups excluding carboxylic acids is 1. The predicted molar refractivity (Wildman–Crippen MR) is 90.6 cm³/mol. The molecule has 0 bridgehead atoms. The van der Waals surface area contributed by atoms with Gasteiger partial charge in [-0.3, -0.25) is 0 Å². The van der Waals surface area contributed by atoms with Crippen LogP contribution in [0.1, 0.15) is 30.0 Å². The number of rotatable bonds is 3. The molecule has 126 valence electrons. The number of ether oxygens (including phenoxy) is 1. The lowest BCUT2D eigenvalue weighted by atomic mass is 9.95. The summed E-state index contributed by atoms with van der Waals surface area (Å²) < 4.78 is 5.44. The SMILES string of the molecule is O=C(OCc1ccccc1)N1CC[C@H](O)C[C@H]1c1ccc(Cl)nc1. The van der Waals surface area contributed by atoms with Gasteiger partial charge >= 0.3 is 6.09 Å². The highest BCUT2D eigenvalue weighted by molar-refractivity contribution is 6.29. The van der Waals surface area contributed by atoms with Gasteiger partial charge in [-0.05, 0) is 30.0 Å². The van der Waals surface area contributed by atoms with Gasteiger partial charge in [0, 0.05) is 12.7 Å². The molecule has 24 heavy (non-hydrogen) atoms. The molecule has 2 aromatic rings. The molecular weight excluding hydrogens is 328 g/mol. The van der Waals surface area contributed by atoms with E-state index in [0.29, 0.717) is 24.5 Å². The lowest BCUT2D eigenvalue weighted by Gasteiger charge is -2.37. The molecule has 2 heterocycles. The van der Waals surface area contributed by atoms with Gasteiger partial charge in [-0.2, -0.15) is 0 Å². The van der Waals surface area contributed by atoms with Gasteiger partial charge in [0.15, 0.2) is 0 Å². The molecule has 1 saturated heterocycles. The lowest BCUT2D eigenvalue weighted by Crippen LogP contribution is -2.42. The van der Waals surface area contributed by atoms with Gasteiger partial charge in [-0.15, -0.1) is 0 Å². The van der Waals surface area contributed by atoms with E-state index in [1.807, 2.05) is 36.4 Å². The Balaban J connectivity index is 1.71. The molecule has 1 N–H and O–H groups in total. The van der Waals surface area contributed by atoms with Gasteiger partial charge in [-0.25, -0.2) is 9.78 Å². The Labute approximate surface area is 145 Å². The van der Waals surface area contributed by atoms with Gasteiger partial charge in [0.2, 0.25) is 0 Å². The molecule has 3 rings (SSSR count). The number of hydrogen-bond donors (Lipinski definition) is 1. The number of halogens is 1. The number of carbonyl (C=O) groups is 1. The minimum absolute atomic E-state index is 0.227. The normalized spacial score (nSPS) is 20.7. The fraction of sp³-hybridized carbons (Fsp3) is 0.333. The van der Waals surface area contributed by atoms with Crippen LogP contribution in [-0.2, 0) is 11.3 Å². The monoisotopic (exact) mass is 346 g/mol. The maximum atomic E-state index is 12.5. The number of aliphatic hydroxyl groups excluding tert-OH is 1. The van der Waals surface area contributed by atoms with Crippen molar-refractivity contribution in [2.75, 3.05) is 6.54 Å². The number of benzene rings is 1. The van der Waals surface area contributed by atoms with Crippen LogP contribution in [0, 0.1) is 0 Å². The zero-order valence-corrected chi connectivity index (χ0v) is 13.9. The van der Waals surface area contributed by atoms with Crippen LogP contribution in [0.4, 0.5) is 4.79 Å². The molecule has 0 aliphatic carbocycles. The summed E-state index contributed by atoms with van der Waals surface area (Å²) >= 11 is 5.83. The van der Waals surface area contributed by atoms with Gasteiger partial charge in [0.25, 0.3) is 0 Å². The Hall–Kier alpha value is -2.11. The molecule has 5 nitrogen and oxygen atoms in total. The van der Waals surface area contributed by atoms with Crippen LogP contribution in [0.25, 0.3) is 0 Å². The maximum Gasteiger partial charge on any atom is 0.410 e. The van der Waals surface area contributed by atoms with Gasteiger partial charge in [-0.1, -0.05) is 48.0 Å². The van der Waals surface area contributed by atoms with Crippen molar-refractivity contribution in [1.82, 2.24) is 9.88 Å². The second kappa shape index (κ2) is 7.64. The van der Waals surface area contributed by atoms with Crippen molar-refractivity contribution >= 4 is 17.7 Å². The number of likely N-dealkylation sites (tertiary alicyclic amines) is 1. The van der Waals surface area contributed by atoms with Crippen LogP contribution in [0.15, 0.2) is 48.7 Å². The fourth-order valence-electron chi connectivity index (χ4n) is 2.87. The van der Waals surface area contributed by atoms with Crippen LogP contribution < -0.4 is 0 Å².